The van der Waals surface area contributed by atoms with E-state index in [2.05, 4.69) is 11.9 Å². The molecule has 1 heterocycles. The van der Waals surface area contributed by atoms with Gasteiger partial charge in [0.15, 0.2) is 0 Å². The van der Waals surface area contributed by atoms with Crippen LogP contribution in [-0.4, -0.2) is 40.4 Å². The maximum Gasteiger partial charge on any atom is 0.326 e. The molecule has 122 valence electrons. The lowest BCUT2D eigenvalue weighted by atomic mass is 10.0. The molecule has 6 nitrogen and oxygen atoms in total. The fourth-order valence-corrected chi connectivity index (χ4v) is 2.58. The van der Waals surface area contributed by atoms with Crippen LogP contribution < -0.4 is 5.32 Å². The van der Waals surface area contributed by atoms with E-state index in [-0.39, 0.29) is 18.4 Å². The Morgan fingerprint density at radius 2 is 1.87 bits per heavy atom. The number of amides is 2. The van der Waals surface area contributed by atoms with Crippen LogP contribution in [0.25, 0.3) is 5.70 Å². The molecule has 0 radical (unpaired) electrons. The number of carbonyl (C=O) groups excluding carboxylic acids is 2. The van der Waals surface area contributed by atoms with Crippen molar-refractivity contribution < 1.29 is 19.5 Å². The van der Waals surface area contributed by atoms with Gasteiger partial charge in [-0.25, -0.2) is 4.79 Å². The van der Waals surface area contributed by atoms with Crippen molar-refractivity contribution in [2.24, 2.45) is 5.92 Å². The molecule has 1 atom stereocenters. The third-order valence-electron chi connectivity index (χ3n) is 3.68. The maximum atomic E-state index is 12.3. The third kappa shape index (κ3) is 3.59. The summed E-state index contributed by atoms with van der Waals surface area (Å²) in [7, 11) is 0. The Morgan fingerprint density at radius 3 is 2.39 bits per heavy atom. The summed E-state index contributed by atoms with van der Waals surface area (Å²) in [6.45, 7) is 7.37. The van der Waals surface area contributed by atoms with Crippen LogP contribution in [0, 0.1) is 5.92 Å². The monoisotopic (exact) mass is 316 g/mol. The highest BCUT2D eigenvalue weighted by Gasteiger charge is 2.32. The van der Waals surface area contributed by atoms with Gasteiger partial charge in [0.05, 0.1) is 0 Å². The number of hydrogen-bond donors (Lipinski definition) is 2. The topological polar surface area (TPSA) is 86.7 Å². The van der Waals surface area contributed by atoms with Crippen molar-refractivity contribution in [2.75, 3.05) is 6.54 Å². The van der Waals surface area contributed by atoms with Gasteiger partial charge in [0, 0.05) is 16.8 Å². The van der Waals surface area contributed by atoms with Crippen molar-refractivity contribution in [3.63, 3.8) is 0 Å². The van der Waals surface area contributed by atoms with Gasteiger partial charge < -0.3 is 10.4 Å². The molecule has 0 unspecified atom stereocenters. The molecule has 0 fully saturated rings. The molecule has 23 heavy (non-hydrogen) atoms. The number of benzene rings is 1. The van der Waals surface area contributed by atoms with E-state index >= 15 is 0 Å². The van der Waals surface area contributed by atoms with E-state index in [1.807, 2.05) is 13.8 Å². The van der Waals surface area contributed by atoms with Gasteiger partial charge in [-0.15, -0.1) is 0 Å². The highest BCUT2D eigenvalue weighted by atomic mass is 16.4. The van der Waals surface area contributed by atoms with Crippen molar-refractivity contribution in [3.05, 3.63) is 42.0 Å². The smallest absolute Gasteiger partial charge is 0.326 e. The first kappa shape index (κ1) is 16.7. The SMILES string of the molecule is C=C1c2ccccc2C(=O)N1CC(=O)N[C@@H](CC(C)C)C(=O)O. The minimum atomic E-state index is -1.08. The Hall–Kier alpha value is -2.63. The van der Waals surface area contributed by atoms with Crippen molar-refractivity contribution in [2.45, 2.75) is 26.3 Å². The molecule has 2 amide bonds. The van der Waals surface area contributed by atoms with Crippen LogP contribution in [0.15, 0.2) is 30.8 Å². The first-order valence-electron chi connectivity index (χ1n) is 7.43. The Bertz CT molecular complexity index is 631. The van der Waals surface area contributed by atoms with Gasteiger partial charge >= 0.3 is 5.97 Å². The molecule has 0 saturated carbocycles. The number of carboxylic acid groups (broad SMARTS) is 1. The van der Waals surface area contributed by atoms with Gasteiger partial charge in [-0.05, 0) is 18.4 Å². The van der Waals surface area contributed by atoms with Crippen LogP contribution in [-0.2, 0) is 9.59 Å². The molecule has 6 heteroatoms. The van der Waals surface area contributed by atoms with Gasteiger partial charge in [0.2, 0.25) is 5.91 Å². The molecular formula is C17H20N2O4. The first-order chi connectivity index (χ1) is 10.8. The lowest BCUT2D eigenvalue weighted by Gasteiger charge is -2.20. The molecular weight excluding hydrogens is 296 g/mol. The number of carboxylic acids is 1. The summed E-state index contributed by atoms with van der Waals surface area (Å²) in [5.74, 6) is -1.76. The second-order valence-electron chi connectivity index (χ2n) is 5.97. The average molecular weight is 316 g/mol. The summed E-state index contributed by atoms with van der Waals surface area (Å²) in [6, 6.07) is 6.03. The Labute approximate surface area is 134 Å². The highest BCUT2D eigenvalue weighted by molar-refractivity contribution is 6.10. The van der Waals surface area contributed by atoms with Gasteiger partial charge in [-0.2, -0.15) is 0 Å². The van der Waals surface area contributed by atoms with Crippen molar-refractivity contribution >= 4 is 23.5 Å². The van der Waals surface area contributed by atoms with Crippen LogP contribution in [0.2, 0.25) is 0 Å². The normalized spacial score (nSPS) is 14.8. The zero-order valence-electron chi connectivity index (χ0n) is 13.2. The van der Waals surface area contributed by atoms with Gasteiger partial charge in [0.25, 0.3) is 5.91 Å². The number of aliphatic carboxylic acids is 1. The minimum absolute atomic E-state index is 0.129. The second kappa shape index (κ2) is 6.64. The molecule has 1 aromatic rings. The van der Waals surface area contributed by atoms with Crippen molar-refractivity contribution in [1.29, 1.82) is 0 Å². The molecule has 2 rings (SSSR count). The Kier molecular flexibility index (Phi) is 4.83. The van der Waals surface area contributed by atoms with Crippen LogP contribution in [0.4, 0.5) is 0 Å². The van der Waals surface area contributed by atoms with E-state index in [0.29, 0.717) is 23.2 Å². The maximum absolute atomic E-state index is 12.3. The molecule has 1 aliphatic heterocycles. The Morgan fingerprint density at radius 1 is 1.26 bits per heavy atom. The quantitative estimate of drug-likeness (QED) is 0.837. The molecule has 0 spiro atoms. The van der Waals surface area contributed by atoms with E-state index in [1.54, 1.807) is 24.3 Å². The predicted molar refractivity (Wildman–Crippen MR) is 85.5 cm³/mol. The molecule has 1 aromatic carbocycles. The van der Waals surface area contributed by atoms with E-state index < -0.39 is 17.9 Å². The van der Waals surface area contributed by atoms with Crippen LogP contribution >= 0.6 is 0 Å². The first-order valence-corrected chi connectivity index (χ1v) is 7.43. The molecule has 0 aliphatic carbocycles. The molecule has 0 aromatic heterocycles. The van der Waals surface area contributed by atoms with Crippen LogP contribution in [0.3, 0.4) is 0 Å². The third-order valence-corrected chi connectivity index (χ3v) is 3.68. The standard InChI is InChI=1S/C17H20N2O4/c1-10(2)8-14(17(22)23)18-15(20)9-19-11(3)12-6-4-5-7-13(12)16(19)21/h4-7,10,14H,3,8-9H2,1-2H3,(H,18,20)(H,22,23)/t14-/m0/s1. The highest BCUT2D eigenvalue weighted by Crippen LogP contribution is 2.30. The molecule has 2 N–H and O–H groups in total. The van der Waals surface area contributed by atoms with Gasteiger partial charge in [0.1, 0.15) is 12.6 Å². The Balaban J connectivity index is 2.05. The zero-order chi connectivity index (χ0) is 17.1. The van der Waals surface area contributed by atoms with Gasteiger partial charge in [-0.1, -0.05) is 38.6 Å². The summed E-state index contributed by atoms with van der Waals surface area (Å²) in [4.78, 5) is 36.9. The fraction of sp³-hybridized carbons (Fsp3) is 0.353. The van der Waals surface area contributed by atoms with Gasteiger partial charge in [-0.3, -0.25) is 14.5 Å². The molecule has 0 saturated heterocycles. The number of fused-ring (bicyclic) bond motifs is 1. The number of carbonyl (C=O) groups is 3. The average Bonchev–Trinajstić information content (AvgIpc) is 2.72. The summed E-state index contributed by atoms with van der Waals surface area (Å²) >= 11 is 0. The van der Waals surface area contributed by atoms with Crippen LogP contribution in [0.5, 0.6) is 0 Å². The zero-order valence-corrected chi connectivity index (χ0v) is 13.2. The lowest BCUT2D eigenvalue weighted by Crippen LogP contribution is -2.46. The van der Waals surface area contributed by atoms with Crippen molar-refractivity contribution in [1.82, 2.24) is 10.2 Å². The largest absolute Gasteiger partial charge is 0.480 e. The molecule has 0 bridgehead atoms. The summed E-state index contributed by atoms with van der Waals surface area (Å²) in [6.07, 6.45) is 0.330. The number of hydrogen-bond acceptors (Lipinski definition) is 3. The minimum Gasteiger partial charge on any atom is -0.480 e. The van der Waals surface area contributed by atoms with E-state index in [9.17, 15) is 14.4 Å². The second-order valence-corrected chi connectivity index (χ2v) is 5.97. The summed E-state index contributed by atoms with van der Waals surface area (Å²) in [5.41, 5.74) is 1.65. The molecule has 1 aliphatic rings. The number of nitrogens with one attached hydrogen (secondary N) is 1. The summed E-state index contributed by atoms with van der Waals surface area (Å²) in [5, 5.41) is 11.6. The van der Waals surface area contributed by atoms with E-state index in [0.717, 1.165) is 0 Å². The number of rotatable bonds is 6. The van der Waals surface area contributed by atoms with E-state index in [4.69, 9.17) is 5.11 Å². The lowest BCUT2D eigenvalue weighted by molar-refractivity contribution is -0.142. The fourth-order valence-electron chi connectivity index (χ4n) is 2.58. The predicted octanol–water partition coefficient (Wildman–Crippen LogP) is 1.73. The van der Waals surface area contributed by atoms with Crippen molar-refractivity contribution in [3.8, 4) is 0 Å². The van der Waals surface area contributed by atoms with Crippen LogP contribution in [0.1, 0.15) is 36.2 Å². The summed E-state index contributed by atoms with van der Waals surface area (Å²) < 4.78 is 0. The number of nitrogens with zero attached hydrogens (tertiary/aromatic N) is 1. The van der Waals surface area contributed by atoms with E-state index in [1.165, 1.54) is 4.90 Å².